The molecule has 0 aromatic heterocycles. The second kappa shape index (κ2) is 7.94. The van der Waals surface area contributed by atoms with Crippen LogP contribution in [0, 0.1) is 0 Å². The van der Waals surface area contributed by atoms with E-state index in [0.717, 1.165) is 0 Å². The molecule has 0 bridgehead atoms. The Hall–Kier alpha value is -0.240. The van der Waals surface area contributed by atoms with Gasteiger partial charge >= 0.3 is 0 Å². The summed E-state index contributed by atoms with van der Waals surface area (Å²) in [5.41, 5.74) is 0. The number of rotatable bonds is 3. The molecular formula is C10H22O6. The van der Waals surface area contributed by atoms with Crippen LogP contribution in [0.2, 0.25) is 0 Å². The third-order valence-corrected chi connectivity index (χ3v) is 2.23. The van der Waals surface area contributed by atoms with Crippen molar-refractivity contribution in [2.75, 3.05) is 20.8 Å². The van der Waals surface area contributed by atoms with Crippen LogP contribution >= 0.6 is 0 Å². The zero-order valence-electron chi connectivity index (χ0n) is 10.2. The Morgan fingerprint density at radius 1 is 1.00 bits per heavy atom. The molecule has 0 aliphatic carbocycles. The number of methoxy groups -OCH3 is 2. The molecule has 1 saturated heterocycles. The summed E-state index contributed by atoms with van der Waals surface area (Å²) in [7, 11) is 2.80. The normalized spacial score (nSPS) is 38.8. The molecule has 1 fully saturated rings. The first-order valence-electron chi connectivity index (χ1n) is 5.33. The van der Waals surface area contributed by atoms with Crippen LogP contribution in [0.15, 0.2) is 0 Å². The van der Waals surface area contributed by atoms with Gasteiger partial charge in [0.15, 0.2) is 6.29 Å². The first kappa shape index (κ1) is 15.8. The van der Waals surface area contributed by atoms with E-state index in [9.17, 15) is 15.3 Å². The van der Waals surface area contributed by atoms with Gasteiger partial charge in [0.05, 0.1) is 6.61 Å². The fourth-order valence-electron chi connectivity index (χ4n) is 1.41. The van der Waals surface area contributed by atoms with Gasteiger partial charge in [-0.3, -0.25) is 0 Å². The fourth-order valence-corrected chi connectivity index (χ4v) is 1.41. The van der Waals surface area contributed by atoms with Gasteiger partial charge in [-0.15, -0.1) is 0 Å². The van der Waals surface area contributed by atoms with Crippen molar-refractivity contribution in [3.63, 3.8) is 0 Å². The van der Waals surface area contributed by atoms with E-state index >= 15 is 0 Å². The highest BCUT2D eigenvalue weighted by molar-refractivity contribution is 4.88. The zero-order chi connectivity index (χ0) is 12.7. The van der Waals surface area contributed by atoms with Gasteiger partial charge < -0.3 is 29.5 Å². The molecule has 6 nitrogen and oxygen atoms in total. The van der Waals surface area contributed by atoms with Crippen LogP contribution in [0.1, 0.15) is 13.8 Å². The van der Waals surface area contributed by atoms with Gasteiger partial charge in [-0.2, -0.15) is 0 Å². The highest BCUT2D eigenvalue weighted by Gasteiger charge is 2.43. The van der Waals surface area contributed by atoms with Crippen molar-refractivity contribution in [1.82, 2.24) is 0 Å². The SMILES string of the molecule is CC.COCC1OC(OC)C(O)C(O)C1O. The predicted molar refractivity (Wildman–Crippen MR) is 56.9 cm³/mol. The lowest BCUT2D eigenvalue weighted by Gasteiger charge is -2.39. The summed E-state index contributed by atoms with van der Waals surface area (Å²) >= 11 is 0. The maximum absolute atomic E-state index is 9.48. The van der Waals surface area contributed by atoms with Crippen molar-refractivity contribution in [2.45, 2.75) is 44.6 Å². The molecule has 5 unspecified atom stereocenters. The molecular weight excluding hydrogens is 216 g/mol. The molecule has 0 aromatic carbocycles. The first-order valence-corrected chi connectivity index (χ1v) is 5.33. The Morgan fingerprint density at radius 3 is 2.00 bits per heavy atom. The van der Waals surface area contributed by atoms with Gasteiger partial charge in [-0.25, -0.2) is 0 Å². The van der Waals surface area contributed by atoms with E-state index in [1.54, 1.807) is 0 Å². The number of hydrogen-bond acceptors (Lipinski definition) is 6. The van der Waals surface area contributed by atoms with E-state index in [-0.39, 0.29) is 6.61 Å². The largest absolute Gasteiger partial charge is 0.387 e. The fraction of sp³-hybridized carbons (Fsp3) is 1.00. The summed E-state index contributed by atoms with van der Waals surface area (Å²) < 4.78 is 14.8. The molecule has 16 heavy (non-hydrogen) atoms. The van der Waals surface area contributed by atoms with Gasteiger partial charge in [0.25, 0.3) is 0 Å². The number of aliphatic hydroxyl groups excluding tert-OH is 3. The Balaban J connectivity index is 0.00000106. The zero-order valence-corrected chi connectivity index (χ0v) is 10.2. The summed E-state index contributed by atoms with van der Waals surface area (Å²) in [5, 5.41) is 28.3. The topological polar surface area (TPSA) is 88.4 Å². The third-order valence-electron chi connectivity index (χ3n) is 2.23. The summed E-state index contributed by atoms with van der Waals surface area (Å²) in [6.45, 7) is 4.13. The molecule has 0 saturated carbocycles. The average Bonchev–Trinajstić information content (AvgIpc) is 2.32. The minimum atomic E-state index is -1.28. The summed E-state index contributed by atoms with van der Waals surface area (Å²) in [5.74, 6) is 0. The van der Waals surface area contributed by atoms with Crippen LogP contribution in [0.25, 0.3) is 0 Å². The molecule has 3 N–H and O–H groups in total. The molecule has 1 aliphatic rings. The molecule has 5 atom stereocenters. The van der Waals surface area contributed by atoms with Gasteiger partial charge in [0.1, 0.15) is 24.4 Å². The molecule has 1 aliphatic heterocycles. The second-order valence-electron chi connectivity index (χ2n) is 3.21. The molecule has 98 valence electrons. The number of aliphatic hydroxyl groups is 3. The summed E-state index contributed by atoms with van der Waals surface area (Å²) in [6.07, 6.45) is -5.33. The highest BCUT2D eigenvalue weighted by Crippen LogP contribution is 2.21. The average molecular weight is 238 g/mol. The minimum Gasteiger partial charge on any atom is -0.387 e. The van der Waals surface area contributed by atoms with Gasteiger partial charge in [0, 0.05) is 14.2 Å². The molecule has 0 spiro atoms. The maximum atomic E-state index is 9.48. The van der Waals surface area contributed by atoms with Crippen molar-refractivity contribution in [2.24, 2.45) is 0 Å². The third kappa shape index (κ3) is 3.65. The van der Waals surface area contributed by atoms with Crippen molar-refractivity contribution in [3.8, 4) is 0 Å². The van der Waals surface area contributed by atoms with Crippen molar-refractivity contribution < 1.29 is 29.5 Å². The van der Waals surface area contributed by atoms with Crippen molar-refractivity contribution in [3.05, 3.63) is 0 Å². The van der Waals surface area contributed by atoms with E-state index in [2.05, 4.69) is 0 Å². The molecule has 0 radical (unpaired) electrons. The lowest BCUT2D eigenvalue weighted by atomic mass is 9.99. The van der Waals surface area contributed by atoms with Crippen LogP contribution < -0.4 is 0 Å². The summed E-state index contributed by atoms with van der Waals surface area (Å²) in [4.78, 5) is 0. The lowest BCUT2D eigenvalue weighted by Crippen LogP contribution is -2.59. The molecule has 1 rings (SSSR count). The number of ether oxygens (including phenoxy) is 3. The van der Waals surface area contributed by atoms with E-state index in [0.29, 0.717) is 0 Å². The van der Waals surface area contributed by atoms with Gasteiger partial charge in [-0.05, 0) is 0 Å². The Kier molecular flexibility index (Phi) is 7.82. The van der Waals surface area contributed by atoms with Gasteiger partial charge in [0.2, 0.25) is 0 Å². The number of hydrogen-bond donors (Lipinski definition) is 3. The van der Waals surface area contributed by atoms with Gasteiger partial charge in [-0.1, -0.05) is 13.8 Å². The molecule has 6 heteroatoms. The van der Waals surface area contributed by atoms with Crippen LogP contribution in [0.3, 0.4) is 0 Å². The van der Waals surface area contributed by atoms with Crippen molar-refractivity contribution >= 4 is 0 Å². The van der Waals surface area contributed by atoms with E-state index in [4.69, 9.17) is 14.2 Å². The van der Waals surface area contributed by atoms with Crippen LogP contribution in [0.4, 0.5) is 0 Å². The smallest absolute Gasteiger partial charge is 0.186 e. The van der Waals surface area contributed by atoms with E-state index < -0.39 is 30.7 Å². The lowest BCUT2D eigenvalue weighted by molar-refractivity contribution is -0.295. The molecule has 0 amide bonds. The highest BCUT2D eigenvalue weighted by atomic mass is 16.7. The molecule has 0 aromatic rings. The Bertz CT molecular complexity index is 173. The second-order valence-corrected chi connectivity index (χ2v) is 3.21. The van der Waals surface area contributed by atoms with Crippen LogP contribution in [-0.2, 0) is 14.2 Å². The Labute approximate surface area is 95.7 Å². The predicted octanol–water partition coefficient (Wildman–Crippen LogP) is -0.887. The maximum Gasteiger partial charge on any atom is 0.186 e. The van der Waals surface area contributed by atoms with Crippen LogP contribution in [-0.4, -0.2) is 66.9 Å². The monoisotopic (exact) mass is 238 g/mol. The minimum absolute atomic E-state index is 0.130. The Morgan fingerprint density at radius 2 is 1.56 bits per heavy atom. The standard InChI is InChI=1S/C8H16O6.C2H6/c1-12-3-4-5(9)6(10)7(11)8(13-2)14-4;1-2/h4-11H,3H2,1-2H3;1-2H3. The summed E-state index contributed by atoms with van der Waals surface area (Å²) in [6, 6.07) is 0. The molecule has 1 heterocycles. The van der Waals surface area contributed by atoms with E-state index in [1.165, 1.54) is 14.2 Å². The van der Waals surface area contributed by atoms with Crippen LogP contribution in [0.5, 0.6) is 0 Å². The first-order chi connectivity index (χ1) is 7.61. The van der Waals surface area contributed by atoms with E-state index in [1.807, 2.05) is 13.8 Å². The quantitative estimate of drug-likeness (QED) is 0.591. The van der Waals surface area contributed by atoms with Crippen molar-refractivity contribution in [1.29, 1.82) is 0 Å².